The molecule has 0 aromatic carbocycles. The van der Waals surface area contributed by atoms with Gasteiger partial charge in [-0.2, -0.15) is 4.98 Å². The van der Waals surface area contributed by atoms with Gasteiger partial charge < -0.3 is 16.4 Å². The minimum Gasteiger partial charge on any atom is -0.368 e. The second-order valence-corrected chi connectivity index (χ2v) is 7.08. The van der Waals surface area contributed by atoms with Crippen LogP contribution in [0.25, 0.3) is 0 Å². The fourth-order valence-corrected chi connectivity index (χ4v) is 4.57. The first-order chi connectivity index (χ1) is 10.2. The summed E-state index contributed by atoms with van der Waals surface area (Å²) < 4.78 is 0. The maximum absolute atomic E-state index is 6.04. The van der Waals surface area contributed by atoms with Crippen molar-refractivity contribution < 1.29 is 0 Å². The monoisotopic (exact) mass is 287 g/mol. The van der Waals surface area contributed by atoms with Gasteiger partial charge in [-0.3, -0.25) is 0 Å². The molecule has 0 amide bonds. The minimum atomic E-state index is 0.303. The van der Waals surface area contributed by atoms with E-state index in [0.717, 1.165) is 31.9 Å². The highest BCUT2D eigenvalue weighted by molar-refractivity contribution is 5.56. The number of fused-ring (bicyclic) bond motifs is 2. The zero-order valence-corrected chi connectivity index (χ0v) is 12.6. The van der Waals surface area contributed by atoms with Gasteiger partial charge in [-0.25, -0.2) is 4.98 Å². The van der Waals surface area contributed by atoms with E-state index >= 15 is 0 Å². The van der Waals surface area contributed by atoms with E-state index in [1.807, 2.05) is 0 Å². The molecule has 0 unspecified atom stereocenters. The van der Waals surface area contributed by atoms with Crippen LogP contribution in [0.3, 0.4) is 0 Å². The number of nitrogens with two attached hydrogens (primary N) is 2. The smallest absolute Gasteiger partial charge is 0.222 e. The first-order valence-electron chi connectivity index (χ1n) is 8.34. The molecule has 1 aromatic rings. The van der Waals surface area contributed by atoms with Crippen molar-refractivity contribution in [1.82, 2.24) is 9.97 Å². The number of anilines is 2. The molecule has 5 heteroatoms. The van der Waals surface area contributed by atoms with Crippen molar-refractivity contribution in [2.24, 2.45) is 11.7 Å². The Bertz CT molecular complexity index is 544. The Kier molecular flexibility index (Phi) is 3.06. The van der Waals surface area contributed by atoms with Crippen LogP contribution in [-0.2, 0) is 11.8 Å². The zero-order chi connectivity index (χ0) is 14.4. The average Bonchev–Trinajstić information content (AvgIpc) is 2.88. The number of hydrogen-bond acceptors (Lipinski definition) is 5. The molecule has 4 rings (SSSR count). The Hall–Kier alpha value is -1.36. The molecule has 1 spiro atoms. The lowest BCUT2D eigenvalue weighted by atomic mass is 9.71. The lowest BCUT2D eigenvalue weighted by molar-refractivity contribution is 0.354. The minimum absolute atomic E-state index is 0.303. The standard InChI is InChI=1S/C16H25N5/c17-8-11-9-21(10-11)14-12-4-3-7-16(5-1-2-6-16)13(12)19-15(18)20-14/h11H,1-10,17H2,(H2,18,19,20). The summed E-state index contributed by atoms with van der Waals surface area (Å²) in [6.45, 7) is 2.81. The van der Waals surface area contributed by atoms with Gasteiger partial charge in [-0.15, -0.1) is 0 Å². The van der Waals surface area contributed by atoms with Gasteiger partial charge in [0.2, 0.25) is 5.95 Å². The molecule has 1 saturated heterocycles. The van der Waals surface area contributed by atoms with Gasteiger partial charge >= 0.3 is 0 Å². The van der Waals surface area contributed by atoms with E-state index in [1.54, 1.807) is 0 Å². The Labute approximate surface area is 126 Å². The van der Waals surface area contributed by atoms with Gasteiger partial charge in [0, 0.05) is 30.0 Å². The normalized spacial score (nSPS) is 24.1. The topological polar surface area (TPSA) is 81.1 Å². The molecule has 21 heavy (non-hydrogen) atoms. The van der Waals surface area contributed by atoms with Crippen molar-refractivity contribution >= 4 is 11.8 Å². The van der Waals surface area contributed by atoms with Crippen molar-refractivity contribution in [3.05, 3.63) is 11.3 Å². The van der Waals surface area contributed by atoms with Crippen LogP contribution in [-0.4, -0.2) is 29.6 Å². The van der Waals surface area contributed by atoms with E-state index in [0.29, 0.717) is 17.3 Å². The first-order valence-corrected chi connectivity index (χ1v) is 8.34. The Morgan fingerprint density at radius 2 is 1.81 bits per heavy atom. The first kappa shape index (κ1) is 13.3. The fraction of sp³-hybridized carbons (Fsp3) is 0.750. The predicted octanol–water partition coefficient (Wildman–Crippen LogP) is 1.60. The van der Waals surface area contributed by atoms with E-state index in [2.05, 4.69) is 9.88 Å². The van der Waals surface area contributed by atoms with Crippen LogP contribution >= 0.6 is 0 Å². The molecule has 114 valence electrons. The van der Waals surface area contributed by atoms with Crippen molar-refractivity contribution in [1.29, 1.82) is 0 Å². The molecule has 1 aromatic heterocycles. The summed E-state index contributed by atoms with van der Waals surface area (Å²) in [7, 11) is 0. The number of hydrogen-bond donors (Lipinski definition) is 2. The average molecular weight is 287 g/mol. The molecular weight excluding hydrogens is 262 g/mol. The van der Waals surface area contributed by atoms with Gasteiger partial charge in [0.15, 0.2) is 0 Å². The van der Waals surface area contributed by atoms with E-state index in [4.69, 9.17) is 16.5 Å². The highest BCUT2D eigenvalue weighted by Crippen LogP contribution is 2.49. The number of nitrogens with zero attached hydrogens (tertiary/aromatic N) is 3. The SMILES string of the molecule is NCC1CN(c2nc(N)nc3c2CCCC32CCCC2)C1. The Balaban J connectivity index is 1.74. The molecule has 5 nitrogen and oxygen atoms in total. The molecule has 0 radical (unpaired) electrons. The molecule has 2 fully saturated rings. The van der Waals surface area contributed by atoms with Gasteiger partial charge in [0.25, 0.3) is 0 Å². The second kappa shape index (κ2) is 4.83. The molecule has 0 bridgehead atoms. The maximum Gasteiger partial charge on any atom is 0.222 e. The Morgan fingerprint density at radius 3 is 2.52 bits per heavy atom. The molecule has 3 aliphatic rings. The van der Waals surface area contributed by atoms with Crippen LogP contribution in [0.15, 0.2) is 0 Å². The second-order valence-electron chi connectivity index (χ2n) is 7.08. The third-order valence-corrected chi connectivity index (χ3v) is 5.74. The van der Waals surface area contributed by atoms with E-state index in [9.17, 15) is 0 Å². The summed E-state index contributed by atoms with van der Waals surface area (Å²) in [4.78, 5) is 11.6. The maximum atomic E-state index is 6.04. The molecule has 2 aliphatic carbocycles. The zero-order valence-electron chi connectivity index (χ0n) is 12.6. The van der Waals surface area contributed by atoms with Crippen molar-refractivity contribution in [2.45, 2.75) is 50.4 Å². The largest absolute Gasteiger partial charge is 0.368 e. The summed E-state index contributed by atoms with van der Waals surface area (Å²) >= 11 is 0. The van der Waals surface area contributed by atoms with Gasteiger partial charge in [-0.1, -0.05) is 12.8 Å². The van der Waals surface area contributed by atoms with E-state index in [1.165, 1.54) is 49.8 Å². The Morgan fingerprint density at radius 1 is 1.10 bits per heavy atom. The van der Waals surface area contributed by atoms with Crippen molar-refractivity contribution in [2.75, 3.05) is 30.3 Å². The van der Waals surface area contributed by atoms with Gasteiger partial charge in [-0.05, 0) is 38.6 Å². The van der Waals surface area contributed by atoms with E-state index in [-0.39, 0.29) is 0 Å². The number of nitrogen functional groups attached to an aromatic ring is 1. The molecular formula is C16H25N5. The van der Waals surface area contributed by atoms with Gasteiger partial charge in [0.05, 0.1) is 5.69 Å². The van der Waals surface area contributed by atoms with Crippen LogP contribution in [0.1, 0.15) is 49.8 Å². The van der Waals surface area contributed by atoms with Crippen molar-refractivity contribution in [3.63, 3.8) is 0 Å². The summed E-state index contributed by atoms with van der Waals surface area (Å²) in [5, 5.41) is 0. The van der Waals surface area contributed by atoms with E-state index < -0.39 is 0 Å². The highest BCUT2D eigenvalue weighted by Gasteiger charge is 2.42. The molecule has 1 saturated carbocycles. The molecule has 1 aliphatic heterocycles. The third-order valence-electron chi connectivity index (χ3n) is 5.74. The van der Waals surface area contributed by atoms with Crippen molar-refractivity contribution in [3.8, 4) is 0 Å². The summed E-state index contributed by atoms with van der Waals surface area (Å²) in [5.74, 6) is 2.17. The quantitative estimate of drug-likeness (QED) is 0.863. The summed E-state index contributed by atoms with van der Waals surface area (Å²) in [6, 6.07) is 0. The molecule has 4 N–H and O–H groups in total. The fourth-order valence-electron chi connectivity index (χ4n) is 4.57. The van der Waals surface area contributed by atoms with Crippen LogP contribution in [0.2, 0.25) is 0 Å². The summed E-state index contributed by atoms with van der Waals surface area (Å²) in [5.41, 5.74) is 14.8. The van der Waals surface area contributed by atoms with Crippen LogP contribution in [0.5, 0.6) is 0 Å². The predicted molar refractivity (Wildman–Crippen MR) is 84.3 cm³/mol. The molecule has 0 atom stereocenters. The lowest BCUT2D eigenvalue weighted by Crippen LogP contribution is -2.51. The summed E-state index contributed by atoms with van der Waals surface area (Å²) in [6.07, 6.45) is 8.87. The van der Waals surface area contributed by atoms with Gasteiger partial charge in [0.1, 0.15) is 5.82 Å². The number of rotatable bonds is 2. The molecule has 2 heterocycles. The van der Waals surface area contributed by atoms with Crippen LogP contribution in [0, 0.1) is 5.92 Å². The number of aromatic nitrogens is 2. The van der Waals surface area contributed by atoms with Crippen LogP contribution in [0.4, 0.5) is 11.8 Å². The highest BCUT2D eigenvalue weighted by atomic mass is 15.3. The lowest BCUT2D eigenvalue weighted by Gasteiger charge is -2.43. The third kappa shape index (κ3) is 2.01. The van der Waals surface area contributed by atoms with Crippen LogP contribution < -0.4 is 16.4 Å².